The molecule has 0 bridgehead atoms. The summed E-state index contributed by atoms with van der Waals surface area (Å²) in [7, 11) is 0. The van der Waals surface area contributed by atoms with E-state index >= 15 is 0 Å². The van der Waals surface area contributed by atoms with Crippen molar-refractivity contribution >= 4 is 0 Å². The van der Waals surface area contributed by atoms with Crippen molar-refractivity contribution in [1.82, 2.24) is 4.90 Å². The standard InChI is InChI=1S/C14H27NO/c1-11(2)13-7-9-15(10-8-13)12(3)16-14(4,5)6/h11,13H,3,7-10H2,1-2,4-6H3. The van der Waals surface area contributed by atoms with Crippen molar-refractivity contribution in [3.8, 4) is 0 Å². The van der Waals surface area contributed by atoms with E-state index in [4.69, 9.17) is 4.74 Å². The molecule has 0 aliphatic carbocycles. The van der Waals surface area contributed by atoms with Crippen molar-refractivity contribution in [2.45, 2.75) is 53.1 Å². The third kappa shape index (κ3) is 4.07. The molecule has 1 aliphatic heterocycles. The van der Waals surface area contributed by atoms with Gasteiger partial charge in [-0.2, -0.15) is 0 Å². The van der Waals surface area contributed by atoms with Crippen LogP contribution in [-0.4, -0.2) is 23.6 Å². The predicted molar refractivity (Wildman–Crippen MR) is 69.1 cm³/mol. The number of piperidine rings is 1. The molecule has 0 aromatic carbocycles. The van der Waals surface area contributed by atoms with Crippen molar-refractivity contribution in [2.24, 2.45) is 11.8 Å². The largest absolute Gasteiger partial charge is 0.474 e. The molecule has 1 fully saturated rings. The van der Waals surface area contributed by atoms with E-state index in [1.54, 1.807) is 0 Å². The number of rotatable bonds is 3. The normalized spacial score (nSPS) is 19.0. The maximum Gasteiger partial charge on any atom is 0.182 e. The van der Waals surface area contributed by atoms with Crippen LogP contribution in [0.25, 0.3) is 0 Å². The molecule has 1 heterocycles. The van der Waals surface area contributed by atoms with Crippen molar-refractivity contribution in [1.29, 1.82) is 0 Å². The first-order valence-corrected chi connectivity index (χ1v) is 6.42. The minimum absolute atomic E-state index is 0.133. The van der Waals surface area contributed by atoms with E-state index in [-0.39, 0.29) is 5.60 Å². The number of ether oxygens (including phenoxy) is 1. The van der Waals surface area contributed by atoms with Crippen LogP contribution in [0.3, 0.4) is 0 Å². The number of likely N-dealkylation sites (tertiary alicyclic amines) is 1. The van der Waals surface area contributed by atoms with Gasteiger partial charge in [-0.25, -0.2) is 0 Å². The van der Waals surface area contributed by atoms with Crippen LogP contribution in [0.15, 0.2) is 12.5 Å². The van der Waals surface area contributed by atoms with E-state index in [2.05, 4.69) is 46.1 Å². The first kappa shape index (κ1) is 13.4. The van der Waals surface area contributed by atoms with Gasteiger partial charge in [-0.15, -0.1) is 0 Å². The Morgan fingerprint density at radius 3 is 2.12 bits per heavy atom. The number of hydrogen-bond acceptors (Lipinski definition) is 2. The van der Waals surface area contributed by atoms with E-state index in [1.165, 1.54) is 12.8 Å². The molecule has 0 spiro atoms. The number of hydrogen-bond donors (Lipinski definition) is 0. The molecule has 1 saturated heterocycles. The van der Waals surface area contributed by atoms with Crippen molar-refractivity contribution in [3.63, 3.8) is 0 Å². The van der Waals surface area contributed by atoms with Gasteiger partial charge in [-0.1, -0.05) is 13.8 Å². The molecule has 1 aliphatic rings. The third-order valence-electron chi connectivity index (χ3n) is 3.26. The van der Waals surface area contributed by atoms with Crippen LogP contribution in [0.5, 0.6) is 0 Å². The quantitative estimate of drug-likeness (QED) is 0.680. The molecule has 1 rings (SSSR count). The lowest BCUT2D eigenvalue weighted by Gasteiger charge is -2.37. The van der Waals surface area contributed by atoms with Crippen LogP contribution >= 0.6 is 0 Å². The maximum atomic E-state index is 5.80. The molecular weight excluding hydrogens is 198 g/mol. The molecule has 0 N–H and O–H groups in total. The zero-order chi connectivity index (χ0) is 12.3. The summed E-state index contributed by atoms with van der Waals surface area (Å²) in [5.74, 6) is 2.52. The van der Waals surface area contributed by atoms with Gasteiger partial charge in [-0.05, 0) is 52.0 Å². The predicted octanol–water partition coefficient (Wildman–Crippen LogP) is 3.64. The highest BCUT2D eigenvalue weighted by Gasteiger charge is 2.24. The van der Waals surface area contributed by atoms with Crippen LogP contribution in [0.2, 0.25) is 0 Å². The van der Waals surface area contributed by atoms with Gasteiger partial charge in [0, 0.05) is 13.1 Å². The zero-order valence-electron chi connectivity index (χ0n) is 11.5. The van der Waals surface area contributed by atoms with Gasteiger partial charge >= 0.3 is 0 Å². The number of nitrogens with zero attached hydrogens (tertiary/aromatic N) is 1. The van der Waals surface area contributed by atoms with Crippen LogP contribution in [0, 0.1) is 11.8 Å². The van der Waals surface area contributed by atoms with E-state index in [0.717, 1.165) is 30.8 Å². The molecule has 0 aromatic heterocycles. The fourth-order valence-electron chi connectivity index (χ4n) is 2.23. The zero-order valence-corrected chi connectivity index (χ0v) is 11.5. The Bertz CT molecular complexity index is 232. The highest BCUT2D eigenvalue weighted by molar-refractivity contribution is 4.89. The Morgan fingerprint density at radius 1 is 1.25 bits per heavy atom. The lowest BCUT2D eigenvalue weighted by atomic mass is 9.87. The Balaban J connectivity index is 2.39. The molecule has 16 heavy (non-hydrogen) atoms. The van der Waals surface area contributed by atoms with E-state index < -0.39 is 0 Å². The second-order valence-corrected chi connectivity index (χ2v) is 6.18. The summed E-state index contributed by atoms with van der Waals surface area (Å²) in [6.45, 7) is 17.1. The molecule has 0 radical (unpaired) electrons. The van der Waals surface area contributed by atoms with E-state index in [1.807, 2.05) is 0 Å². The first-order valence-electron chi connectivity index (χ1n) is 6.42. The average Bonchev–Trinajstić information content (AvgIpc) is 2.15. The summed E-state index contributed by atoms with van der Waals surface area (Å²) in [6, 6.07) is 0. The summed E-state index contributed by atoms with van der Waals surface area (Å²) in [5.41, 5.74) is -0.133. The van der Waals surface area contributed by atoms with Crippen LogP contribution < -0.4 is 0 Å². The summed E-state index contributed by atoms with van der Waals surface area (Å²) in [5, 5.41) is 0. The molecule has 0 saturated carbocycles. The van der Waals surface area contributed by atoms with Gasteiger partial charge in [-0.3, -0.25) is 0 Å². The summed E-state index contributed by atoms with van der Waals surface area (Å²) >= 11 is 0. The Labute approximate surface area is 101 Å². The van der Waals surface area contributed by atoms with Crippen LogP contribution in [0.1, 0.15) is 47.5 Å². The Kier molecular flexibility index (Phi) is 4.28. The van der Waals surface area contributed by atoms with E-state index in [0.29, 0.717) is 0 Å². The van der Waals surface area contributed by atoms with Crippen LogP contribution in [-0.2, 0) is 4.74 Å². The van der Waals surface area contributed by atoms with Crippen LogP contribution in [0.4, 0.5) is 0 Å². The van der Waals surface area contributed by atoms with Gasteiger partial charge in [0.2, 0.25) is 0 Å². The second-order valence-electron chi connectivity index (χ2n) is 6.18. The van der Waals surface area contributed by atoms with Gasteiger partial charge in [0.05, 0.1) is 0 Å². The minimum atomic E-state index is -0.133. The molecule has 0 atom stereocenters. The fourth-order valence-corrected chi connectivity index (χ4v) is 2.23. The van der Waals surface area contributed by atoms with Gasteiger partial charge < -0.3 is 9.64 Å². The molecule has 0 amide bonds. The van der Waals surface area contributed by atoms with Crippen molar-refractivity contribution in [3.05, 3.63) is 12.5 Å². The van der Waals surface area contributed by atoms with Gasteiger partial charge in [0.15, 0.2) is 5.88 Å². The molecule has 94 valence electrons. The topological polar surface area (TPSA) is 12.5 Å². The lowest BCUT2D eigenvalue weighted by molar-refractivity contribution is -0.00743. The lowest BCUT2D eigenvalue weighted by Crippen LogP contribution is -2.37. The Morgan fingerprint density at radius 2 is 1.75 bits per heavy atom. The second kappa shape index (κ2) is 5.11. The maximum absolute atomic E-state index is 5.80. The van der Waals surface area contributed by atoms with Gasteiger partial charge in [0.25, 0.3) is 0 Å². The molecule has 0 unspecified atom stereocenters. The fraction of sp³-hybridized carbons (Fsp3) is 0.857. The summed E-state index contributed by atoms with van der Waals surface area (Å²) < 4.78 is 5.80. The Hall–Kier alpha value is -0.660. The molecule has 2 nitrogen and oxygen atoms in total. The first-order chi connectivity index (χ1) is 7.29. The molecular formula is C14H27NO. The average molecular weight is 225 g/mol. The summed E-state index contributed by atoms with van der Waals surface area (Å²) in [4.78, 5) is 2.28. The highest BCUT2D eigenvalue weighted by atomic mass is 16.5. The molecule has 0 aromatic rings. The monoisotopic (exact) mass is 225 g/mol. The van der Waals surface area contributed by atoms with E-state index in [9.17, 15) is 0 Å². The van der Waals surface area contributed by atoms with Crippen molar-refractivity contribution in [2.75, 3.05) is 13.1 Å². The highest BCUT2D eigenvalue weighted by Crippen LogP contribution is 2.27. The smallest absolute Gasteiger partial charge is 0.182 e. The third-order valence-corrected chi connectivity index (χ3v) is 3.26. The molecule has 2 heteroatoms. The summed E-state index contributed by atoms with van der Waals surface area (Å²) in [6.07, 6.45) is 2.54. The van der Waals surface area contributed by atoms with Gasteiger partial charge in [0.1, 0.15) is 5.60 Å². The van der Waals surface area contributed by atoms with Crippen molar-refractivity contribution < 1.29 is 4.74 Å². The minimum Gasteiger partial charge on any atom is -0.474 e. The SMILES string of the molecule is C=C(OC(C)(C)C)N1CCC(C(C)C)CC1.